The van der Waals surface area contributed by atoms with Gasteiger partial charge < -0.3 is 10.6 Å². The minimum absolute atomic E-state index is 0.273. The molecular weight excluding hydrogens is 233 g/mol. The van der Waals surface area contributed by atoms with E-state index in [1.54, 1.807) is 0 Å². The van der Waals surface area contributed by atoms with Gasteiger partial charge in [0.25, 0.3) is 5.91 Å². The Balaban J connectivity index is 4.30. The first-order valence-electron chi connectivity index (χ1n) is 4.89. The van der Waals surface area contributed by atoms with E-state index in [9.17, 15) is 14.3 Å². The number of nitrogens with zero attached hydrogens (tertiary/aromatic N) is 1. The number of hydrogen-bond donors (Lipinski definition) is 3. The van der Waals surface area contributed by atoms with E-state index in [1.807, 2.05) is 13.8 Å². The first-order chi connectivity index (χ1) is 7.20. The molecule has 96 valence electrons. The fraction of sp³-hybridized carbons (Fsp3) is 0.875. The lowest BCUT2D eigenvalue weighted by atomic mass is 10.0. The van der Waals surface area contributed by atoms with Gasteiger partial charge in [-0.3, -0.25) is 14.7 Å². The lowest BCUT2D eigenvalue weighted by Gasteiger charge is -2.23. The van der Waals surface area contributed by atoms with Crippen LogP contribution >= 0.6 is 7.75 Å². The minimum atomic E-state index is -3.95. The number of carbonyl (C=O) groups is 1. The Kier molecular flexibility index (Phi) is 6.14. The molecule has 0 bridgehead atoms. The standard InChI is InChI=1S/C8H20N3O4P/c1-6(2)5-7(9)8(12)10-11(3)16(13,14)15-4/h6-7H,5,9H2,1-4H3,(H,10,12)(H,13,14)/t7-/m0/s1. The summed E-state index contributed by atoms with van der Waals surface area (Å²) < 4.78 is 16.3. The van der Waals surface area contributed by atoms with Gasteiger partial charge in [-0.05, 0) is 12.3 Å². The lowest BCUT2D eigenvalue weighted by Crippen LogP contribution is -2.47. The molecule has 0 aliphatic carbocycles. The first kappa shape index (κ1) is 15.5. The van der Waals surface area contributed by atoms with Gasteiger partial charge >= 0.3 is 7.75 Å². The summed E-state index contributed by atoms with van der Waals surface area (Å²) in [6.07, 6.45) is 0.502. The smallest absolute Gasteiger partial charge is 0.320 e. The van der Waals surface area contributed by atoms with E-state index < -0.39 is 19.7 Å². The fourth-order valence-corrected chi connectivity index (χ4v) is 1.51. The molecule has 0 aliphatic heterocycles. The Hall–Kier alpha value is -0.460. The van der Waals surface area contributed by atoms with Crippen LogP contribution in [0.1, 0.15) is 20.3 Å². The zero-order valence-electron chi connectivity index (χ0n) is 10.0. The van der Waals surface area contributed by atoms with E-state index in [2.05, 4.69) is 9.95 Å². The van der Waals surface area contributed by atoms with Crippen molar-refractivity contribution in [3.63, 3.8) is 0 Å². The van der Waals surface area contributed by atoms with Gasteiger partial charge in [0.1, 0.15) is 0 Å². The fourth-order valence-electron chi connectivity index (χ4n) is 1.04. The molecule has 2 atom stereocenters. The number of nitrogens with one attached hydrogen (secondary N) is 1. The summed E-state index contributed by atoms with van der Waals surface area (Å²) in [5.41, 5.74) is 7.81. The number of amides is 1. The van der Waals surface area contributed by atoms with Crippen molar-refractivity contribution >= 4 is 13.7 Å². The minimum Gasteiger partial charge on any atom is -0.320 e. The predicted octanol–water partition coefficient (Wildman–Crippen LogP) is 0.0696. The summed E-state index contributed by atoms with van der Waals surface area (Å²) >= 11 is 0. The van der Waals surface area contributed by atoms with Gasteiger partial charge in [0.05, 0.1) is 6.04 Å². The van der Waals surface area contributed by atoms with E-state index in [-0.39, 0.29) is 5.92 Å². The molecule has 0 aromatic heterocycles. The number of rotatable bonds is 6. The van der Waals surface area contributed by atoms with Gasteiger partial charge in [0.15, 0.2) is 0 Å². The van der Waals surface area contributed by atoms with Crippen LogP contribution in [0.25, 0.3) is 0 Å². The maximum absolute atomic E-state index is 11.5. The van der Waals surface area contributed by atoms with E-state index in [4.69, 9.17) is 5.73 Å². The van der Waals surface area contributed by atoms with Crippen molar-refractivity contribution in [2.45, 2.75) is 26.3 Å². The Labute approximate surface area is 95.5 Å². The molecule has 0 saturated heterocycles. The topological polar surface area (TPSA) is 105 Å². The molecule has 0 radical (unpaired) electrons. The number of nitrogens with two attached hydrogens (primary N) is 1. The van der Waals surface area contributed by atoms with Crippen molar-refractivity contribution in [1.29, 1.82) is 0 Å². The number of carbonyl (C=O) groups excluding carboxylic acids is 1. The van der Waals surface area contributed by atoms with Crippen LogP contribution in [0.3, 0.4) is 0 Å². The molecule has 7 nitrogen and oxygen atoms in total. The maximum Gasteiger partial charge on any atom is 0.422 e. The molecule has 4 N–H and O–H groups in total. The normalized spacial score (nSPS) is 17.2. The molecule has 0 aromatic carbocycles. The highest BCUT2D eigenvalue weighted by molar-refractivity contribution is 7.50. The van der Waals surface area contributed by atoms with Crippen molar-refractivity contribution in [2.75, 3.05) is 14.2 Å². The number of hydrazine groups is 1. The van der Waals surface area contributed by atoms with Crippen LogP contribution in [0, 0.1) is 5.92 Å². The molecule has 0 spiro atoms. The van der Waals surface area contributed by atoms with Gasteiger partial charge in [0.2, 0.25) is 0 Å². The van der Waals surface area contributed by atoms with Crippen molar-refractivity contribution < 1.29 is 18.8 Å². The molecule has 16 heavy (non-hydrogen) atoms. The molecule has 8 heteroatoms. The molecule has 0 saturated carbocycles. The summed E-state index contributed by atoms with van der Waals surface area (Å²) in [5.74, 6) is -0.239. The van der Waals surface area contributed by atoms with Crippen LogP contribution in [0.5, 0.6) is 0 Å². The Morgan fingerprint density at radius 1 is 1.62 bits per heavy atom. The quantitative estimate of drug-likeness (QED) is 0.457. The molecule has 1 amide bonds. The van der Waals surface area contributed by atoms with Crippen LogP contribution in [0.2, 0.25) is 0 Å². The van der Waals surface area contributed by atoms with Gasteiger partial charge in [-0.1, -0.05) is 13.8 Å². The third-order valence-corrected chi connectivity index (χ3v) is 3.28. The molecule has 0 aromatic rings. The zero-order chi connectivity index (χ0) is 12.9. The first-order valence-corrected chi connectivity index (χ1v) is 6.42. The molecule has 0 aliphatic rings. The second-order valence-corrected chi connectivity index (χ2v) is 5.86. The van der Waals surface area contributed by atoms with Crippen molar-refractivity contribution in [2.24, 2.45) is 11.7 Å². The summed E-state index contributed by atoms with van der Waals surface area (Å²) in [7, 11) is -1.63. The average Bonchev–Trinajstić information content (AvgIpc) is 2.16. The predicted molar refractivity (Wildman–Crippen MR) is 60.2 cm³/mol. The van der Waals surface area contributed by atoms with E-state index in [0.29, 0.717) is 6.42 Å². The monoisotopic (exact) mass is 253 g/mol. The summed E-state index contributed by atoms with van der Waals surface area (Å²) in [4.78, 5) is 20.7. The highest BCUT2D eigenvalue weighted by Crippen LogP contribution is 2.42. The van der Waals surface area contributed by atoms with Gasteiger partial charge in [-0.15, -0.1) is 4.78 Å². The van der Waals surface area contributed by atoms with Crippen LogP contribution < -0.4 is 11.2 Å². The summed E-state index contributed by atoms with van der Waals surface area (Å²) in [6.45, 7) is 3.87. The van der Waals surface area contributed by atoms with E-state index in [1.165, 1.54) is 7.05 Å². The average molecular weight is 253 g/mol. The second kappa shape index (κ2) is 6.32. The van der Waals surface area contributed by atoms with Gasteiger partial charge in [-0.25, -0.2) is 4.57 Å². The van der Waals surface area contributed by atoms with Crippen LogP contribution in [-0.4, -0.2) is 35.8 Å². The molecule has 0 fully saturated rings. The summed E-state index contributed by atoms with van der Waals surface area (Å²) in [5, 5.41) is 0. The Morgan fingerprint density at radius 2 is 2.12 bits per heavy atom. The SMILES string of the molecule is COP(=O)(O)N(C)NC(=O)[C@@H](N)CC(C)C. The maximum atomic E-state index is 11.5. The highest BCUT2D eigenvalue weighted by atomic mass is 31.2. The lowest BCUT2D eigenvalue weighted by molar-refractivity contribution is -0.125. The third kappa shape index (κ3) is 5.05. The van der Waals surface area contributed by atoms with E-state index in [0.717, 1.165) is 11.9 Å². The molecular formula is C8H20N3O4P. The van der Waals surface area contributed by atoms with Gasteiger partial charge in [-0.2, -0.15) is 0 Å². The highest BCUT2D eigenvalue weighted by Gasteiger charge is 2.27. The summed E-state index contributed by atoms with van der Waals surface area (Å²) in [6, 6.07) is -0.709. The van der Waals surface area contributed by atoms with Gasteiger partial charge in [0, 0.05) is 14.2 Å². The van der Waals surface area contributed by atoms with Crippen molar-refractivity contribution in [3.8, 4) is 0 Å². The van der Waals surface area contributed by atoms with Crippen LogP contribution in [-0.2, 0) is 13.9 Å². The number of hydrogen-bond acceptors (Lipinski definition) is 4. The zero-order valence-corrected chi connectivity index (χ0v) is 10.9. The van der Waals surface area contributed by atoms with Crippen molar-refractivity contribution in [3.05, 3.63) is 0 Å². The molecule has 0 rings (SSSR count). The Morgan fingerprint density at radius 3 is 2.50 bits per heavy atom. The molecule has 1 unspecified atom stereocenters. The third-order valence-electron chi connectivity index (χ3n) is 1.95. The van der Waals surface area contributed by atoms with Crippen LogP contribution in [0.4, 0.5) is 0 Å². The largest absolute Gasteiger partial charge is 0.422 e. The van der Waals surface area contributed by atoms with E-state index >= 15 is 0 Å². The second-order valence-electron chi connectivity index (χ2n) is 3.91. The Bertz CT molecular complexity index is 284. The van der Waals surface area contributed by atoms with Crippen molar-refractivity contribution in [1.82, 2.24) is 10.2 Å². The molecule has 0 heterocycles. The van der Waals surface area contributed by atoms with Crippen LogP contribution in [0.15, 0.2) is 0 Å².